The summed E-state index contributed by atoms with van der Waals surface area (Å²) in [5.74, 6) is 1.43. The zero-order chi connectivity index (χ0) is 12.3. The van der Waals surface area contributed by atoms with Crippen LogP contribution in [0.15, 0.2) is 18.2 Å². The topological polar surface area (TPSA) is 47.9 Å². The van der Waals surface area contributed by atoms with Crippen LogP contribution >= 0.6 is 0 Å². The lowest BCUT2D eigenvalue weighted by Gasteiger charge is -2.23. The van der Waals surface area contributed by atoms with Crippen molar-refractivity contribution in [2.24, 2.45) is 0 Å². The second kappa shape index (κ2) is 4.94. The Bertz CT molecular complexity index is 387. The Hall–Kier alpha value is -1.26. The summed E-state index contributed by atoms with van der Waals surface area (Å²) in [7, 11) is 1.57. The fourth-order valence-corrected chi connectivity index (χ4v) is 1.86. The highest BCUT2D eigenvalue weighted by Crippen LogP contribution is 2.34. The van der Waals surface area contributed by atoms with Gasteiger partial charge in [-0.15, -0.1) is 0 Å². The molecule has 0 amide bonds. The molecule has 1 atom stereocenters. The molecule has 0 spiro atoms. The maximum Gasteiger partial charge on any atom is 0.161 e. The summed E-state index contributed by atoms with van der Waals surface area (Å²) >= 11 is 0. The van der Waals surface area contributed by atoms with Crippen LogP contribution in [0.1, 0.15) is 18.9 Å². The van der Waals surface area contributed by atoms with Gasteiger partial charge in [-0.2, -0.15) is 0 Å². The monoisotopic (exact) mass is 238 g/mol. The van der Waals surface area contributed by atoms with Crippen LogP contribution < -0.4 is 9.47 Å². The molecule has 1 heterocycles. The van der Waals surface area contributed by atoms with Crippen molar-refractivity contribution >= 4 is 0 Å². The Morgan fingerprint density at radius 1 is 1.29 bits per heavy atom. The highest BCUT2D eigenvalue weighted by Gasteiger charge is 2.25. The molecule has 0 aromatic heterocycles. The van der Waals surface area contributed by atoms with Crippen LogP contribution in [-0.4, -0.2) is 32.0 Å². The summed E-state index contributed by atoms with van der Waals surface area (Å²) < 4.78 is 16.1. The number of benzene rings is 1. The van der Waals surface area contributed by atoms with Crippen LogP contribution in [0.3, 0.4) is 0 Å². The van der Waals surface area contributed by atoms with E-state index in [1.165, 1.54) is 0 Å². The average Bonchev–Trinajstić information content (AvgIpc) is 2.52. The second-order valence-electron chi connectivity index (χ2n) is 4.42. The van der Waals surface area contributed by atoms with Crippen LogP contribution in [0.4, 0.5) is 0 Å². The highest BCUT2D eigenvalue weighted by atomic mass is 16.5. The van der Waals surface area contributed by atoms with Crippen molar-refractivity contribution in [3.05, 3.63) is 23.8 Å². The van der Waals surface area contributed by atoms with E-state index in [9.17, 15) is 5.11 Å². The van der Waals surface area contributed by atoms with Crippen molar-refractivity contribution in [2.75, 3.05) is 26.9 Å². The molecule has 1 N–H and O–H groups in total. The van der Waals surface area contributed by atoms with Crippen LogP contribution in [0.5, 0.6) is 11.5 Å². The second-order valence-corrected chi connectivity index (χ2v) is 4.42. The van der Waals surface area contributed by atoms with Crippen molar-refractivity contribution in [1.82, 2.24) is 0 Å². The number of fused-ring (bicyclic) bond motifs is 1. The number of methoxy groups -OCH3 is 1. The maximum absolute atomic E-state index is 10.2. The average molecular weight is 238 g/mol. The van der Waals surface area contributed by atoms with Crippen molar-refractivity contribution in [1.29, 1.82) is 0 Å². The summed E-state index contributed by atoms with van der Waals surface area (Å²) in [6.45, 7) is 3.27. The van der Waals surface area contributed by atoms with E-state index < -0.39 is 5.60 Å². The Morgan fingerprint density at radius 3 is 2.71 bits per heavy atom. The largest absolute Gasteiger partial charge is 0.490 e. The summed E-state index contributed by atoms with van der Waals surface area (Å²) in [5.41, 5.74) is -0.247. The van der Waals surface area contributed by atoms with E-state index >= 15 is 0 Å². The molecule has 94 valence electrons. The van der Waals surface area contributed by atoms with E-state index in [1.54, 1.807) is 14.0 Å². The summed E-state index contributed by atoms with van der Waals surface area (Å²) in [4.78, 5) is 0. The molecule has 0 fully saturated rings. The van der Waals surface area contributed by atoms with Crippen LogP contribution in [0.2, 0.25) is 0 Å². The molecule has 2 rings (SSSR count). The minimum atomic E-state index is -1.01. The fourth-order valence-electron chi connectivity index (χ4n) is 1.86. The van der Waals surface area contributed by atoms with Gasteiger partial charge in [0.1, 0.15) is 5.60 Å². The molecule has 1 aromatic carbocycles. The van der Waals surface area contributed by atoms with Gasteiger partial charge in [-0.05, 0) is 24.6 Å². The Labute approximate surface area is 101 Å². The molecule has 1 aromatic rings. The molecule has 0 bridgehead atoms. The predicted octanol–water partition coefficient (Wildman–Crippen LogP) is 1.70. The summed E-state index contributed by atoms with van der Waals surface area (Å²) in [6, 6.07) is 5.49. The van der Waals surface area contributed by atoms with Crippen LogP contribution in [-0.2, 0) is 10.3 Å². The van der Waals surface area contributed by atoms with Crippen molar-refractivity contribution in [3.8, 4) is 11.5 Å². The van der Waals surface area contributed by atoms with E-state index in [4.69, 9.17) is 14.2 Å². The lowest BCUT2D eigenvalue weighted by Crippen LogP contribution is -2.27. The van der Waals surface area contributed by atoms with Gasteiger partial charge in [-0.3, -0.25) is 0 Å². The van der Waals surface area contributed by atoms with Gasteiger partial charge in [0.15, 0.2) is 11.5 Å². The molecule has 0 aliphatic carbocycles. The molecule has 0 saturated heterocycles. The van der Waals surface area contributed by atoms with Crippen LogP contribution in [0.25, 0.3) is 0 Å². The summed E-state index contributed by atoms with van der Waals surface area (Å²) in [5, 5.41) is 10.2. The molecule has 1 aliphatic heterocycles. The van der Waals surface area contributed by atoms with Crippen LogP contribution in [0, 0.1) is 0 Å². The molecule has 17 heavy (non-hydrogen) atoms. The van der Waals surface area contributed by atoms with Gasteiger partial charge in [0.05, 0.1) is 19.8 Å². The molecular weight excluding hydrogens is 220 g/mol. The van der Waals surface area contributed by atoms with Gasteiger partial charge >= 0.3 is 0 Å². The Balaban J connectivity index is 2.29. The third-order valence-corrected chi connectivity index (χ3v) is 2.79. The first-order chi connectivity index (χ1) is 8.13. The minimum absolute atomic E-state index is 0.243. The lowest BCUT2D eigenvalue weighted by molar-refractivity contribution is -0.0209. The molecule has 1 aliphatic rings. The number of hydrogen-bond donors (Lipinski definition) is 1. The third kappa shape index (κ3) is 2.70. The van der Waals surface area contributed by atoms with Gasteiger partial charge in [-0.1, -0.05) is 6.07 Å². The fraction of sp³-hybridized carbons (Fsp3) is 0.538. The number of rotatable bonds is 3. The number of ether oxygens (including phenoxy) is 3. The lowest BCUT2D eigenvalue weighted by atomic mass is 9.96. The Morgan fingerprint density at radius 2 is 2.00 bits per heavy atom. The van der Waals surface area contributed by atoms with Gasteiger partial charge < -0.3 is 19.3 Å². The molecule has 1 unspecified atom stereocenters. The van der Waals surface area contributed by atoms with Gasteiger partial charge in [0, 0.05) is 13.5 Å². The van der Waals surface area contributed by atoms with E-state index in [2.05, 4.69) is 0 Å². The maximum atomic E-state index is 10.2. The zero-order valence-electron chi connectivity index (χ0n) is 10.2. The zero-order valence-corrected chi connectivity index (χ0v) is 10.2. The predicted molar refractivity (Wildman–Crippen MR) is 63.5 cm³/mol. The third-order valence-electron chi connectivity index (χ3n) is 2.79. The standard InChI is InChI=1S/C13H18O4/c1-13(14,9-15-2)10-4-5-11-12(8-10)17-7-3-6-16-11/h4-5,8,14H,3,6-7,9H2,1-2H3. The molecule has 4 nitrogen and oxygen atoms in total. The minimum Gasteiger partial charge on any atom is -0.490 e. The first-order valence-corrected chi connectivity index (χ1v) is 5.75. The molecule has 0 saturated carbocycles. The van der Waals surface area contributed by atoms with E-state index in [1.807, 2.05) is 18.2 Å². The van der Waals surface area contributed by atoms with Crippen molar-refractivity contribution in [2.45, 2.75) is 18.9 Å². The number of hydrogen-bond acceptors (Lipinski definition) is 4. The normalized spacial score (nSPS) is 18.3. The smallest absolute Gasteiger partial charge is 0.161 e. The van der Waals surface area contributed by atoms with Gasteiger partial charge in [0.2, 0.25) is 0 Å². The van der Waals surface area contributed by atoms with Gasteiger partial charge in [0.25, 0.3) is 0 Å². The van der Waals surface area contributed by atoms with E-state index in [-0.39, 0.29) is 6.61 Å². The van der Waals surface area contributed by atoms with Crippen molar-refractivity contribution in [3.63, 3.8) is 0 Å². The molecular formula is C13H18O4. The first kappa shape index (κ1) is 12.2. The quantitative estimate of drug-likeness (QED) is 0.870. The van der Waals surface area contributed by atoms with E-state index in [0.29, 0.717) is 19.0 Å². The van der Waals surface area contributed by atoms with Gasteiger partial charge in [-0.25, -0.2) is 0 Å². The van der Waals surface area contributed by atoms with E-state index in [0.717, 1.165) is 17.7 Å². The molecule has 0 radical (unpaired) electrons. The number of aliphatic hydroxyl groups is 1. The Kier molecular flexibility index (Phi) is 3.54. The first-order valence-electron chi connectivity index (χ1n) is 5.75. The summed E-state index contributed by atoms with van der Waals surface area (Å²) in [6.07, 6.45) is 0.873. The molecule has 4 heteroatoms. The SMILES string of the molecule is COCC(C)(O)c1ccc2c(c1)OCCCO2. The van der Waals surface area contributed by atoms with Crippen molar-refractivity contribution < 1.29 is 19.3 Å². The highest BCUT2D eigenvalue weighted by molar-refractivity contribution is 5.44.